The minimum absolute atomic E-state index is 0.177. The third kappa shape index (κ3) is 1.32. The zero-order valence-corrected chi connectivity index (χ0v) is 9.21. The van der Waals surface area contributed by atoms with Crippen LogP contribution in [0.3, 0.4) is 0 Å². The van der Waals surface area contributed by atoms with Gasteiger partial charge in [-0.15, -0.1) is 12.6 Å². The molecule has 0 aliphatic carbocycles. The van der Waals surface area contributed by atoms with Gasteiger partial charge in [-0.05, 0) is 31.5 Å². The van der Waals surface area contributed by atoms with Crippen molar-refractivity contribution in [2.24, 2.45) is 0 Å². The van der Waals surface area contributed by atoms with Gasteiger partial charge in [0.25, 0.3) is 0 Å². The fourth-order valence-electron chi connectivity index (χ4n) is 1.91. The summed E-state index contributed by atoms with van der Waals surface area (Å²) in [5, 5.41) is 0. The van der Waals surface area contributed by atoms with E-state index in [9.17, 15) is 4.79 Å². The highest BCUT2D eigenvalue weighted by molar-refractivity contribution is 7.80. The van der Waals surface area contributed by atoms with E-state index in [0.29, 0.717) is 6.42 Å². The van der Waals surface area contributed by atoms with E-state index in [0.717, 1.165) is 16.1 Å². The van der Waals surface area contributed by atoms with Crippen molar-refractivity contribution >= 4 is 24.2 Å². The Morgan fingerprint density at radius 2 is 2.14 bits per heavy atom. The highest BCUT2D eigenvalue weighted by Crippen LogP contribution is 2.34. The number of benzene rings is 1. The average molecular weight is 207 g/mol. The summed E-state index contributed by atoms with van der Waals surface area (Å²) < 4.78 is 0. The number of fused-ring (bicyclic) bond motifs is 1. The molecule has 74 valence electrons. The molecule has 0 atom stereocenters. The Bertz CT molecular complexity index is 387. The van der Waals surface area contributed by atoms with Gasteiger partial charge in [-0.25, -0.2) is 0 Å². The van der Waals surface area contributed by atoms with Gasteiger partial charge >= 0.3 is 0 Å². The van der Waals surface area contributed by atoms with Crippen molar-refractivity contribution in [2.45, 2.75) is 31.2 Å². The number of anilines is 1. The average Bonchev–Trinajstić information content (AvgIpc) is 2.42. The standard InChI is InChI=1S/C11H13NOS/c1-7(2)12-9-4-3-5-10(14)8(9)6-11(12)13/h3-5,7,14H,6H2,1-2H3. The van der Waals surface area contributed by atoms with Gasteiger partial charge in [-0.3, -0.25) is 4.79 Å². The summed E-state index contributed by atoms with van der Waals surface area (Å²) in [6, 6.07) is 6.08. The summed E-state index contributed by atoms with van der Waals surface area (Å²) in [6.07, 6.45) is 0.493. The van der Waals surface area contributed by atoms with Gasteiger partial charge in [0.2, 0.25) is 5.91 Å². The highest BCUT2D eigenvalue weighted by atomic mass is 32.1. The molecule has 0 saturated heterocycles. The van der Waals surface area contributed by atoms with Gasteiger partial charge in [-0.2, -0.15) is 0 Å². The van der Waals surface area contributed by atoms with Crippen LogP contribution >= 0.6 is 12.6 Å². The van der Waals surface area contributed by atoms with E-state index >= 15 is 0 Å². The zero-order valence-electron chi connectivity index (χ0n) is 8.32. The molecule has 1 aromatic carbocycles. The minimum Gasteiger partial charge on any atom is -0.309 e. The number of thiol groups is 1. The van der Waals surface area contributed by atoms with E-state index in [1.807, 2.05) is 36.9 Å². The summed E-state index contributed by atoms with van der Waals surface area (Å²) >= 11 is 4.36. The molecule has 0 saturated carbocycles. The zero-order chi connectivity index (χ0) is 10.3. The van der Waals surface area contributed by atoms with Crippen molar-refractivity contribution in [3.05, 3.63) is 23.8 Å². The number of amides is 1. The van der Waals surface area contributed by atoms with Crippen LogP contribution in [0.1, 0.15) is 19.4 Å². The molecule has 0 unspecified atom stereocenters. The van der Waals surface area contributed by atoms with Crippen LogP contribution in [0.4, 0.5) is 5.69 Å². The molecule has 1 aliphatic heterocycles. The molecule has 1 amide bonds. The van der Waals surface area contributed by atoms with Gasteiger partial charge in [0, 0.05) is 16.6 Å². The Balaban J connectivity index is 2.53. The molecule has 0 radical (unpaired) electrons. The van der Waals surface area contributed by atoms with Crippen LogP contribution in [0.25, 0.3) is 0 Å². The number of hydrogen-bond acceptors (Lipinski definition) is 2. The van der Waals surface area contributed by atoms with Crippen LogP contribution in [0.15, 0.2) is 23.1 Å². The second kappa shape index (κ2) is 3.31. The maximum Gasteiger partial charge on any atom is 0.231 e. The Morgan fingerprint density at radius 3 is 2.79 bits per heavy atom. The van der Waals surface area contributed by atoms with Crippen LogP contribution in [0.2, 0.25) is 0 Å². The second-order valence-corrected chi connectivity index (χ2v) is 4.29. The Kier molecular flexibility index (Phi) is 2.27. The fourth-order valence-corrected chi connectivity index (χ4v) is 2.19. The number of nitrogens with zero attached hydrogens (tertiary/aromatic N) is 1. The first-order valence-electron chi connectivity index (χ1n) is 4.74. The van der Waals surface area contributed by atoms with Gasteiger partial charge in [0.1, 0.15) is 0 Å². The quantitative estimate of drug-likeness (QED) is 0.700. The molecule has 0 N–H and O–H groups in total. The number of carbonyl (C=O) groups excluding carboxylic acids is 1. The van der Waals surface area contributed by atoms with Crippen LogP contribution in [0, 0.1) is 0 Å². The molecule has 1 aliphatic rings. The maximum absolute atomic E-state index is 11.7. The number of carbonyl (C=O) groups is 1. The Hall–Kier alpha value is -0.960. The molecular formula is C11H13NOS. The van der Waals surface area contributed by atoms with E-state index in [2.05, 4.69) is 12.6 Å². The van der Waals surface area contributed by atoms with Crippen molar-refractivity contribution in [3.8, 4) is 0 Å². The number of hydrogen-bond donors (Lipinski definition) is 1. The first-order chi connectivity index (χ1) is 6.61. The molecule has 2 rings (SSSR count). The first kappa shape index (κ1) is 9.59. The molecule has 2 nitrogen and oxygen atoms in total. The number of rotatable bonds is 1. The smallest absolute Gasteiger partial charge is 0.231 e. The second-order valence-electron chi connectivity index (χ2n) is 3.81. The van der Waals surface area contributed by atoms with Gasteiger partial charge in [0.05, 0.1) is 6.42 Å². The lowest BCUT2D eigenvalue weighted by Crippen LogP contribution is -2.33. The predicted octanol–water partition coefficient (Wildman–Crippen LogP) is 2.27. The third-order valence-electron chi connectivity index (χ3n) is 2.50. The molecule has 1 heterocycles. The first-order valence-corrected chi connectivity index (χ1v) is 5.19. The normalized spacial score (nSPS) is 15.1. The van der Waals surface area contributed by atoms with Crippen molar-refractivity contribution in [1.29, 1.82) is 0 Å². The molecule has 0 bridgehead atoms. The van der Waals surface area contributed by atoms with E-state index < -0.39 is 0 Å². The molecule has 14 heavy (non-hydrogen) atoms. The molecule has 0 fully saturated rings. The highest BCUT2D eigenvalue weighted by Gasteiger charge is 2.29. The van der Waals surface area contributed by atoms with E-state index in [1.54, 1.807) is 0 Å². The van der Waals surface area contributed by atoms with Gasteiger partial charge in [-0.1, -0.05) is 6.07 Å². The fraction of sp³-hybridized carbons (Fsp3) is 0.364. The predicted molar refractivity (Wildman–Crippen MR) is 60.0 cm³/mol. The lowest BCUT2D eigenvalue weighted by molar-refractivity contribution is -0.117. The summed E-state index contributed by atoms with van der Waals surface area (Å²) in [4.78, 5) is 14.5. The molecular weight excluding hydrogens is 194 g/mol. The van der Waals surface area contributed by atoms with Crippen LogP contribution < -0.4 is 4.90 Å². The minimum atomic E-state index is 0.177. The summed E-state index contributed by atoms with van der Waals surface area (Å²) in [5.41, 5.74) is 2.09. The monoisotopic (exact) mass is 207 g/mol. The third-order valence-corrected chi connectivity index (χ3v) is 2.92. The topological polar surface area (TPSA) is 20.3 Å². The van der Waals surface area contributed by atoms with E-state index in [1.165, 1.54) is 0 Å². The van der Waals surface area contributed by atoms with E-state index in [-0.39, 0.29) is 11.9 Å². The summed E-state index contributed by atoms with van der Waals surface area (Å²) in [7, 11) is 0. The SMILES string of the molecule is CC(C)N1C(=O)Cc2c(S)cccc21. The van der Waals surface area contributed by atoms with Crippen molar-refractivity contribution in [3.63, 3.8) is 0 Å². The maximum atomic E-state index is 11.7. The van der Waals surface area contributed by atoms with Gasteiger partial charge < -0.3 is 4.90 Å². The van der Waals surface area contributed by atoms with Crippen LogP contribution in [0.5, 0.6) is 0 Å². The summed E-state index contributed by atoms with van der Waals surface area (Å²) in [5.74, 6) is 0.177. The van der Waals surface area contributed by atoms with E-state index in [4.69, 9.17) is 0 Å². The lowest BCUT2D eigenvalue weighted by Gasteiger charge is -2.21. The van der Waals surface area contributed by atoms with Crippen molar-refractivity contribution < 1.29 is 4.79 Å². The molecule has 0 aromatic heterocycles. The van der Waals surface area contributed by atoms with Crippen molar-refractivity contribution in [2.75, 3.05) is 4.90 Å². The molecule has 1 aromatic rings. The van der Waals surface area contributed by atoms with Gasteiger partial charge in [0.15, 0.2) is 0 Å². The van der Waals surface area contributed by atoms with Crippen LogP contribution in [-0.4, -0.2) is 11.9 Å². The van der Waals surface area contributed by atoms with Crippen LogP contribution in [-0.2, 0) is 11.2 Å². The Morgan fingerprint density at radius 1 is 1.43 bits per heavy atom. The van der Waals surface area contributed by atoms with Crippen molar-refractivity contribution in [1.82, 2.24) is 0 Å². The summed E-state index contributed by atoms with van der Waals surface area (Å²) in [6.45, 7) is 4.05. The lowest BCUT2D eigenvalue weighted by atomic mass is 10.1. The molecule has 3 heteroatoms. The molecule has 0 spiro atoms. The largest absolute Gasteiger partial charge is 0.309 e. The Labute approximate surface area is 89.3 Å².